The standard InChI is InChI=1S/C26H32N4O2/c1-29(21-7-3-2-4-8-21)16-14-28-25(31)18-30-15-13-19-11-12-20(17-24(19)30)22-9-5-6-10-23(22)26(27)32/h5-6,9-13,15,17,21H,2-4,7-8,14,16,18H2,1H3,(H2,27,32)(H,28,31). The zero-order valence-electron chi connectivity index (χ0n) is 18.7. The Balaban J connectivity index is 1.42. The minimum absolute atomic E-state index is 0.00230. The van der Waals surface area contributed by atoms with Crippen molar-refractivity contribution < 1.29 is 9.59 Å². The zero-order chi connectivity index (χ0) is 22.5. The number of nitrogens with zero attached hydrogens (tertiary/aromatic N) is 2. The Kier molecular flexibility index (Phi) is 6.90. The first-order chi connectivity index (χ1) is 15.5. The number of likely N-dealkylation sites (N-methyl/N-ethyl adjacent to an activating group) is 1. The highest BCUT2D eigenvalue weighted by Crippen LogP contribution is 2.28. The Bertz CT molecular complexity index is 1100. The number of benzene rings is 2. The number of nitrogens with two attached hydrogens (primary N) is 1. The highest BCUT2D eigenvalue weighted by atomic mass is 16.2. The Morgan fingerprint density at radius 1 is 1.09 bits per heavy atom. The first-order valence-electron chi connectivity index (χ1n) is 11.5. The molecule has 1 saturated carbocycles. The molecule has 0 radical (unpaired) electrons. The lowest BCUT2D eigenvalue weighted by molar-refractivity contribution is -0.121. The molecule has 1 aliphatic carbocycles. The zero-order valence-corrected chi connectivity index (χ0v) is 18.7. The van der Waals surface area contributed by atoms with Crippen LogP contribution in [0.3, 0.4) is 0 Å². The van der Waals surface area contributed by atoms with Crippen LogP contribution in [0.25, 0.3) is 22.0 Å². The number of carbonyl (C=O) groups excluding carboxylic acids is 2. The van der Waals surface area contributed by atoms with E-state index >= 15 is 0 Å². The average Bonchev–Trinajstić information content (AvgIpc) is 3.21. The lowest BCUT2D eigenvalue weighted by Crippen LogP contribution is -2.40. The van der Waals surface area contributed by atoms with E-state index in [2.05, 4.69) is 17.3 Å². The smallest absolute Gasteiger partial charge is 0.249 e. The number of fused-ring (bicyclic) bond motifs is 1. The summed E-state index contributed by atoms with van der Waals surface area (Å²) in [4.78, 5) is 26.8. The molecule has 1 aromatic heterocycles. The van der Waals surface area contributed by atoms with E-state index in [9.17, 15) is 9.59 Å². The van der Waals surface area contributed by atoms with Crippen LogP contribution in [0, 0.1) is 0 Å². The van der Waals surface area contributed by atoms with Crippen LogP contribution < -0.4 is 11.1 Å². The van der Waals surface area contributed by atoms with E-state index in [1.807, 2.05) is 47.2 Å². The minimum atomic E-state index is -0.450. The van der Waals surface area contributed by atoms with E-state index in [-0.39, 0.29) is 12.5 Å². The van der Waals surface area contributed by atoms with E-state index in [0.29, 0.717) is 18.2 Å². The van der Waals surface area contributed by atoms with Crippen LogP contribution in [0.5, 0.6) is 0 Å². The van der Waals surface area contributed by atoms with Gasteiger partial charge in [-0.3, -0.25) is 9.59 Å². The van der Waals surface area contributed by atoms with Crippen LogP contribution in [0.1, 0.15) is 42.5 Å². The van der Waals surface area contributed by atoms with E-state index in [0.717, 1.165) is 28.6 Å². The summed E-state index contributed by atoms with van der Waals surface area (Å²) in [5.41, 5.74) is 8.70. The lowest BCUT2D eigenvalue weighted by atomic mass is 9.94. The maximum atomic E-state index is 12.6. The molecule has 168 valence electrons. The molecular formula is C26H32N4O2. The van der Waals surface area contributed by atoms with Gasteiger partial charge in [-0.25, -0.2) is 0 Å². The molecule has 0 unspecified atom stereocenters. The fourth-order valence-electron chi connectivity index (χ4n) is 4.73. The van der Waals surface area contributed by atoms with Gasteiger partial charge in [-0.2, -0.15) is 0 Å². The molecule has 3 aromatic rings. The predicted molar refractivity (Wildman–Crippen MR) is 128 cm³/mol. The maximum absolute atomic E-state index is 12.6. The first-order valence-corrected chi connectivity index (χ1v) is 11.5. The Morgan fingerprint density at radius 3 is 2.66 bits per heavy atom. The van der Waals surface area contributed by atoms with Crippen molar-refractivity contribution in [1.29, 1.82) is 0 Å². The fourth-order valence-corrected chi connectivity index (χ4v) is 4.73. The molecule has 2 aromatic carbocycles. The predicted octanol–water partition coefficient (Wildman–Crippen LogP) is 3.79. The summed E-state index contributed by atoms with van der Waals surface area (Å²) in [6.45, 7) is 1.79. The summed E-state index contributed by atoms with van der Waals surface area (Å²) in [6.07, 6.45) is 8.44. The molecular weight excluding hydrogens is 400 g/mol. The number of nitrogens with one attached hydrogen (secondary N) is 1. The Hall–Kier alpha value is -3.12. The summed E-state index contributed by atoms with van der Waals surface area (Å²) < 4.78 is 1.95. The summed E-state index contributed by atoms with van der Waals surface area (Å²) in [5.74, 6) is -0.448. The van der Waals surface area contributed by atoms with Gasteiger partial charge in [0, 0.05) is 36.4 Å². The van der Waals surface area contributed by atoms with Gasteiger partial charge in [0.25, 0.3) is 0 Å². The fraction of sp³-hybridized carbons (Fsp3) is 0.385. The molecule has 3 N–H and O–H groups in total. The van der Waals surface area contributed by atoms with E-state index in [4.69, 9.17) is 5.73 Å². The number of hydrogen-bond acceptors (Lipinski definition) is 3. The van der Waals surface area contributed by atoms with Crippen LogP contribution in [0.4, 0.5) is 0 Å². The summed E-state index contributed by atoms with van der Waals surface area (Å²) in [7, 11) is 2.16. The van der Waals surface area contributed by atoms with Gasteiger partial charge in [0.1, 0.15) is 6.54 Å². The van der Waals surface area contributed by atoms with Gasteiger partial charge in [-0.05, 0) is 54.6 Å². The molecule has 0 atom stereocenters. The molecule has 0 bridgehead atoms. The number of rotatable bonds is 8. The van der Waals surface area contributed by atoms with Crippen molar-refractivity contribution in [3.05, 3.63) is 60.3 Å². The second-order valence-electron chi connectivity index (χ2n) is 8.75. The van der Waals surface area contributed by atoms with Gasteiger partial charge in [-0.1, -0.05) is 49.6 Å². The van der Waals surface area contributed by atoms with Crippen LogP contribution in [0.2, 0.25) is 0 Å². The molecule has 0 spiro atoms. The minimum Gasteiger partial charge on any atom is -0.366 e. The Labute approximate surface area is 189 Å². The first kappa shape index (κ1) is 22.1. The molecule has 32 heavy (non-hydrogen) atoms. The summed E-state index contributed by atoms with van der Waals surface area (Å²) >= 11 is 0. The highest BCUT2D eigenvalue weighted by Gasteiger charge is 2.18. The third-order valence-electron chi connectivity index (χ3n) is 6.58. The van der Waals surface area contributed by atoms with Crippen molar-refractivity contribution >= 4 is 22.7 Å². The molecule has 2 amide bonds. The third kappa shape index (κ3) is 5.02. The van der Waals surface area contributed by atoms with E-state index < -0.39 is 5.91 Å². The van der Waals surface area contributed by atoms with Crippen LogP contribution in [0.15, 0.2) is 54.7 Å². The van der Waals surface area contributed by atoms with Gasteiger partial charge in [0.15, 0.2) is 0 Å². The van der Waals surface area contributed by atoms with Crippen molar-refractivity contribution in [2.24, 2.45) is 5.73 Å². The molecule has 0 aliphatic heterocycles. The van der Waals surface area contributed by atoms with Crippen molar-refractivity contribution in [2.45, 2.75) is 44.7 Å². The highest BCUT2D eigenvalue weighted by molar-refractivity contribution is 6.00. The second-order valence-corrected chi connectivity index (χ2v) is 8.75. The Morgan fingerprint density at radius 2 is 1.88 bits per heavy atom. The normalized spacial score (nSPS) is 14.7. The van der Waals surface area contributed by atoms with Crippen molar-refractivity contribution in [2.75, 3.05) is 20.1 Å². The topological polar surface area (TPSA) is 80.4 Å². The van der Waals surface area contributed by atoms with Crippen LogP contribution in [-0.2, 0) is 11.3 Å². The molecule has 1 heterocycles. The number of amides is 2. The number of carbonyl (C=O) groups is 2. The van der Waals surface area contributed by atoms with Gasteiger partial charge in [0.05, 0.1) is 0 Å². The number of hydrogen-bond donors (Lipinski definition) is 2. The molecule has 0 saturated heterocycles. The quantitative estimate of drug-likeness (QED) is 0.568. The van der Waals surface area contributed by atoms with Gasteiger partial charge >= 0.3 is 0 Å². The number of primary amides is 1. The lowest BCUT2D eigenvalue weighted by Gasteiger charge is -2.31. The molecule has 6 nitrogen and oxygen atoms in total. The van der Waals surface area contributed by atoms with Crippen LogP contribution >= 0.6 is 0 Å². The molecule has 1 aliphatic rings. The molecule has 4 rings (SSSR count). The SMILES string of the molecule is CN(CCNC(=O)Cn1ccc2ccc(-c3ccccc3C(N)=O)cc21)C1CCCCC1. The molecule has 1 fully saturated rings. The number of aromatic nitrogens is 1. The van der Waals surface area contributed by atoms with Crippen molar-refractivity contribution in [3.8, 4) is 11.1 Å². The largest absolute Gasteiger partial charge is 0.366 e. The van der Waals surface area contributed by atoms with Crippen LogP contribution in [-0.4, -0.2) is 47.5 Å². The van der Waals surface area contributed by atoms with Gasteiger partial charge < -0.3 is 20.5 Å². The van der Waals surface area contributed by atoms with Gasteiger partial charge in [-0.15, -0.1) is 0 Å². The van der Waals surface area contributed by atoms with E-state index in [1.165, 1.54) is 32.1 Å². The average molecular weight is 433 g/mol. The second kappa shape index (κ2) is 10.0. The van der Waals surface area contributed by atoms with Crippen molar-refractivity contribution in [3.63, 3.8) is 0 Å². The summed E-state index contributed by atoms with van der Waals surface area (Å²) in [6, 6.07) is 16.0. The monoisotopic (exact) mass is 432 g/mol. The van der Waals surface area contributed by atoms with Crippen molar-refractivity contribution in [1.82, 2.24) is 14.8 Å². The maximum Gasteiger partial charge on any atom is 0.249 e. The van der Waals surface area contributed by atoms with E-state index in [1.54, 1.807) is 12.1 Å². The summed E-state index contributed by atoms with van der Waals surface area (Å²) in [5, 5.41) is 4.11. The molecule has 6 heteroatoms. The van der Waals surface area contributed by atoms with Gasteiger partial charge in [0.2, 0.25) is 11.8 Å². The third-order valence-corrected chi connectivity index (χ3v) is 6.58.